The van der Waals surface area contributed by atoms with Crippen LogP contribution in [0, 0.1) is 0 Å². The Balaban J connectivity index is 1.85. The van der Waals surface area contributed by atoms with Crippen molar-refractivity contribution in [1.82, 2.24) is 14.9 Å². The molecule has 1 aromatic carbocycles. The molecule has 1 aliphatic rings. The van der Waals surface area contributed by atoms with Gasteiger partial charge in [-0.05, 0) is 58.1 Å². The molecule has 2 N–H and O–H groups in total. The van der Waals surface area contributed by atoms with Crippen LogP contribution in [0.15, 0.2) is 18.2 Å². The summed E-state index contributed by atoms with van der Waals surface area (Å²) < 4.78 is 6.16. The topological polar surface area (TPSA) is 78.5 Å². The largest absolute Gasteiger partial charge is 0.423 e. The van der Waals surface area contributed by atoms with Gasteiger partial charge in [0.15, 0.2) is 0 Å². The number of nitrogens with zero attached hydrogens (tertiary/aromatic N) is 2. The van der Waals surface area contributed by atoms with Crippen molar-refractivity contribution in [2.45, 2.75) is 71.5 Å². The molecule has 0 saturated carbocycles. The number of aromatic nitrogens is 2. The van der Waals surface area contributed by atoms with Crippen LogP contribution < -0.4 is 5.46 Å². The summed E-state index contributed by atoms with van der Waals surface area (Å²) in [6.07, 6.45) is 1.94. The molecule has 0 radical (unpaired) electrons. The first-order valence-corrected chi connectivity index (χ1v) is 9.66. The minimum Gasteiger partial charge on any atom is -0.423 e. The number of benzene rings is 1. The molecule has 27 heavy (non-hydrogen) atoms. The van der Waals surface area contributed by atoms with Gasteiger partial charge in [0.2, 0.25) is 5.91 Å². The van der Waals surface area contributed by atoms with Crippen molar-refractivity contribution < 1.29 is 14.6 Å². The third-order valence-electron chi connectivity index (χ3n) is 5.91. The summed E-state index contributed by atoms with van der Waals surface area (Å²) in [5.74, 6) is 0.940. The monoisotopic (exact) mass is 371 g/mol. The molecule has 1 atom stereocenters. The summed E-state index contributed by atoms with van der Waals surface area (Å²) in [7, 11) is 0. The minimum atomic E-state index is -0.953. The first-order valence-electron chi connectivity index (χ1n) is 9.66. The Kier molecular flexibility index (Phi) is 5.12. The molecule has 146 valence electrons. The molecule has 0 spiro atoms. The Morgan fingerprint density at radius 1 is 1.37 bits per heavy atom. The van der Waals surface area contributed by atoms with Gasteiger partial charge in [0, 0.05) is 13.5 Å². The summed E-state index contributed by atoms with van der Waals surface area (Å²) in [6.45, 7) is 11.5. The maximum atomic E-state index is 11.8. The predicted octanol–water partition coefficient (Wildman–Crippen LogP) is 2.64. The number of H-pyrrole nitrogens is 1. The van der Waals surface area contributed by atoms with E-state index in [1.54, 1.807) is 20.8 Å². The average Bonchev–Trinajstić information content (AvgIpc) is 3.18. The van der Waals surface area contributed by atoms with Crippen LogP contribution >= 0.6 is 0 Å². The second-order valence-electron chi connectivity index (χ2n) is 8.60. The van der Waals surface area contributed by atoms with E-state index < -0.39 is 11.2 Å². The van der Waals surface area contributed by atoms with Gasteiger partial charge in [-0.1, -0.05) is 12.9 Å². The fraction of sp³-hybridized carbons (Fsp3) is 0.600. The lowest BCUT2D eigenvalue weighted by atomic mass is 9.62. The second kappa shape index (κ2) is 6.95. The highest BCUT2D eigenvalue weighted by atomic mass is 16.5. The van der Waals surface area contributed by atoms with Gasteiger partial charge in [0.1, 0.15) is 5.82 Å². The number of amides is 1. The maximum absolute atomic E-state index is 11.8. The van der Waals surface area contributed by atoms with Gasteiger partial charge in [-0.15, -0.1) is 0 Å². The number of likely N-dealkylation sites (tertiary alicyclic amines) is 1. The zero-order valence-electron chi connectivity index (χ0n) is 17.2. The highest BCUT2D eigenvalue weighted by molar-refractivity contribution is 6.66. The molecular formula is C20H30BN3O3. The van der Waals surface area contributed by atoms with Crippen molar-refractivity contribution >= 4 is 29.3 Å². The number of hydrogen-bond donors (Lipinski definition) is 2. The number of aliphatic hydroxyl groups is 1. The molecule has 1 saturated heterocycles. The molecular weight excluding hydrogens is 341 g/mol. The van der Waals surface area contributed by atoms with Gasteiger partial charge in [-0.3, -0.25) is 4.79 Å². The van der Waals surface area contributed by atoms with E-state index in [1.165, 1.54) is 0 Å². The zero-order chi connectivity index (χ0) is 20.0. The zero-order valence-corrected chi connectivity index (χ0v) is 17.2. The molecule has 3 rings (SSSR count). The number of carbonyl (C=O) groups is 1. The first kappa shape index (κ1) is 19.9. The number of aromatic amines is 1. The van der Waals surface area contributed by atoms with E-state index in [0.717, 1.165) is 41.7 Å². The van der Waals surface area contributed by atoms with Gasteiger partial charge in [-0.25, -0.2) is 4.98 Å². The fourth-order valence-corrected chi connectivity index (χ4v) is 3.54. The predicted molar refractivity (Wildman–Crippen MR) is 108 cm³/mol. The van der Waals surface area contributed by atoms with Crippen molar-refractivity contribution in [3.63, 3.8) is 0 Å². The summed E-state index contributed by atoms with van der Waals surface area (Å²) in [5, 5.41) is 10.3. The van der Waals surface area contributed by atoms with E-state index in [9.17, 15) is 9.90 Å². The van der Waals surface area contributed by atoms with Crippen LogP contribution in [0.3, 0.4) is 0 Å². The number of rotatable bonds is 5. The van der Waals surface area contributed by atoms with E-state index >= 15 is 0 Å². The van der Waals surface area contributed by atoms with Crippen LogP contribution in [0.4, 0.5) is 0 Å². The average molecular weight is 371 g/mol. The molecule has 0 aliphatic carbocycles. The Bertz CT molecular complexity index is 841. The van der Waals surface area contributed by atoms with E-state index in [0.29, 0.717) is 0 Å². The van der Waals surface area contributed by atoms with Crippen LogP contribution in [-0.4, -0.2) is 50.5 Å². The van der Waals surface area contributed by atoms with E-state index in [-0.39, 0.29) is 18.9 Å². The lowest BCUT2D eigenvalue weighted by molar-refractivity contribution is -0.129. The van der Waals surface area contributed by atoms with Crippen LogP contribution in [-0.2, 0) is 9.45 Å². The fourth-order valence-electron chi connectivity index (χ4n) is 3.54. The summed E-state index contributed by atoms with van der Waals surface area (Å²) in [5.41, 5.74) is 1.20. The quantitative estimate of drug-likeness (QED) is 0.792. The number of imidazole rings is 1. The summed E-state index contributed by atoms with van der Waals surface area (Å²) in [4.78, 5) is 21.8. The van der Waals surface area contributed by atoms with Crippen molar-refractivity contribution in [2.75, 3.05) is 6.54 Å². The minimum absolute atomic E-state index is 0.0288. The van der Waals surface area contributed by atoms with E-state index in [2.05, 4.69) is 4.98 Å². The van der Waals surface area contributed by atoms with Gasteiger partial charge < -0.3 is 19.6 Å². The number of carbonyl (C=O) groups excluding carboxylic acids is 1. The normalized spacial score (nSPS) is 18.3. The van der Waals surface area contributed by atoms with Gasteiger partial charge in [0.05, 0.1) is 28.3 Å². The summed E-state index contributed by atoms with van der Waals surface area (Å²) in [6, 6.07) is 6.06. The van der Waals surface area contributed by atoms with Crippen LogP contribution in [0.5, 0.6) is 0 Å². The molecule has 0 bridgehead atoms. The number of nitrogens with one attached hydrogen (secondary N) is 1. The Morgan fingerprint density at radius 3 is 2.70 bits per heavy atom. The number of hydrogen-bond acceptors (Lipinski definition) is 4. The van der Waals surface area contributed by atoms with Crippen molar-refractivity contribution in [1.29, 1.82) is 0 Å². The van der Waals surface area contributed by atoms with Crippen LogP contribution in [0.25, 0.3) is 11.0 Å². The lowest BCUT2D eigenvalue weighted by Crippen LogP contribution is -2.52. The SMILES string of the molecule is CB(OC(C)(C)C(C)(C)O)c1ccc2nc(C3CCCN3C(C)=O)[nH]c2c1. The first-order chi connectivity index (χ1) is 12.5. The Hall–Kier alpha value is -1.86. The molecule has 7 heteroatoms. The van der Waals surface area contributed by atoms with E-state index in [4.69, 9.17) is 9.64 Å². The van der Waals surface area contributed by atoms with Crippen LogP contribution in [0.1, 0.15) is 59.3 Å². The second-order valence-corrected chi connectivity index (χ2v) is 8.60. The maximum Gasteiger partial charge on any atom is 0.324 e. The van der Waals surface area contributed by atoms with Gasteiger partial charge in [-0.2, -0.15) is 0 Å². The molecule has 1 aromatic heterocycles. The molecule has 1 aliphatic heterocycles. The highest BCUT2D eigenvalue weighted by Gasteiger charge is 2.38. The highest BCUT2D eigenvalue weighted by Crippen LogP contribution is 2.31. The Labute approximate surface area is 161 Å². The van der Waals surface area contributed by atoms with Crippen molar-refractivity contribution in [2.24, 2.45) is 0 Å². The van der Waals surface area contributed by atoms with Gasteiger partial charge >= 0.3 is 6.92 Å². The Morgan fingerprint density at radius 2 is 2.07 bits per heavy atom. The molecule has 1 unspecified atom stereocenters. The molecule has 2 heterocycles. The van der Waals surface area contributed by atoms with E-state index in [1.807, 2.05) is 43.8 Å². The smallest absolute Gasteiger partial charge is 0.324 e. The lowest BCUT2D eigenvalue weighted by Gasteiger charge is -2.39. The standard InChI is InChI=1S/C20H30BN3O3/c1-13(25)24-11-7-8-17(24)18-22-15-10-9-14(12-16(15)23-18)21(6)27-20(4,5)19(2,3)26/h9-10,12,17,26H,7-8,11H2,1-6H3,(H,22,23). The third-order valence-corrected chi connectivity index (χ3v) is 5.91. The van der Waals surface area contributed by atoms with Crippen molar-refractivity contribution in [3.05, 3.63) is 24.0 Å². The molecule has 6 nitrogen and oxygen atoms in total. The molecule has 2 aromatic rings. The third kappa shape index (κ3) is 3.89. The molecule has 1 amide bonds. The number of fused-ring (bicyclic) bond motifs is 1. The molecule has 1 fully saturated rings. The van der Waals surface area contributed by atoms with Gasteiger partial charge in [0.25, 0.3) is 0 Å². The summed E-state index contributed by atoms with van der Waals surface area (Å²) >= 11 is 0. The van der Waals surface area contributed by atoms with Crippen LogP contribution in [0.2, 0.25) is 6.82 Å². The van der Waals surface area contributed by atoms with Crippen molar-refractivity contribution in [3.8, 4) is 0 Å².